The highest BCUT2D eigenvalue weighted by molar-refractivity contribution is 5.84. The fourth-order valence-corrected chi connectivity index (χ4v) is 0.271. The van der Waals surface area contributed by atoms with E-state index in [0.717, 1.165) is 0 Å². The van der Waals surface area contributed by atoms with Gasteiger partial charge >= 0.3 is 11.9 Å². The highest BCUT2D eigenvalue weighted by Crippen LogP contribution is 1.88. The molecule has 0 atom stereocenters. The molecule has 68 valence electrons. The summed E-state index contributed by atoms with van der Waals surface area (Å²) in [5.41, 5.74) is 0. The largest absolute Gasteiger partial charge is 0.393 e. The lowest BCUT2D eigenvalue weighted by atomic mass is 10.5. The van der Waals surface area contributed by atoms with Gasteiger partial charge in [-0.25, -0.2) is 0 Å². The Kier molecular flexibility index (Phi) is 10.6. The van der Waals surface area contributed by atoms with Gasteiger partial charge in [0.05, 0.1) is 6.07 Å². The van der Waals surface area contributed by atoms with E-state index in [4.69, 9.17) is 5.26 Å². The number of esters is 2. The average molecular weight is 171 g/mol. The van der Waals surface area contributed by atoms with Gasteiger partial charge in [0.1, 0.15) is 0 Å². The Morgan fingerprint density at radius 3 is 1.67 bits per heavy atom. The number of ether oxygens (including phenoxy) is 1. The molecule has 0 heterocycles. The Morgan fingerprint density at radius 1 is 1.25 bits per heavy atom. The number of hydrogen-bond acceptors (Lipinski definition) is 4. The molecule has 0 aromatic heterocycles. The normalized spacial score (nSPS) is 7.17. The standard InChI is InChI=1S/C6H10O3.C2H3N/c1-3-5(7)9-6(8)4-2;1-2-3/h3-4H2,1-2H3;1H3. The molecule has 0 radical (unpaired) electrons. The lowest BCUT2D eigenvalue weighted by Gasteiger charge is -1.95. The zero-order chi connectivity index (χ0) is 9.98. The van der Waals surface area contributed by atoms with Gasteiger partial charge in [0.2, 0.25) is 0 Å². The van der Waals surface area contributed by atoms with Gasteiger partial charge in [-0.05, 0) is 0 Å². The maximum Gasteiger partial charge on any atom is 0.313 e. The van der Waals surface area contributed by atoms with Gasteiger partial charge in [-0.2, -0.15) is 5.26 Å². The van der Waals surface area contributed by atoms with E-state index in [1.807, 2.05) is 0 Å². The van der Waals surface area contributed by atoms with Crippen LogP contribution in [-0.4, -0.2) is 11.9 Å². The first-order chi connectivity index (χ1) is 5.62. The van der Waals surface area contributed by atoms with E-state index in [0.29, 0.717) is 0 Å². The Bertz CT molecular complexity index is 167. The van der Waals surface area contributed by atoms with Crippen molar-refractivity contribution in [2.24, 2.45) is 0 Å². The van der Waals surface area contributed by atoms with E-state index in [9.17, 15) is 9.59 Å². The predicted molar refractivity (Wildman–Crippen MR) is 43.0 cm³/mol. The molecule has 0 aliphatic rings. The summed E-state index contributed by atoms with van der Waals surface area (Å²) in [6.07, 6.45) is 0.511. The monoisotopic (exact) mass is 171 g/mol. The molecule has 12 heavy (non-hydrogen) atoms. The van der Waals surface area contributed by atoms with Crippen LogP contribution in [0.4, 0.5) is 0 Å². The van der Waals surface area contributed by atoms with Crippen LogP contribution in [0.25, 0.3) is 0 Å². The zero-order valence-electron chi connectivity index (χ0n) is 7.59. The fourth-order valence-electron chi connectivity index (χ4n) is 0.271. The van der Waals surface area contributed by atoms with Crippen molar-refractivity contribution >= 4 is 11.9 Å². The summed E-state index contributed by atoms with van der Waals surface area (Å²) >= 11 is 0. The lowest BCUT2D eigenvalue weighted by molar-refractivity contribution is -0.159. The Balaban J connectivity index is 0. The van der Waals surface area contributed by atoms with Crippen LogP contribution in [-0.2, 0) is 14.3 Å². The molecule has 0 saturated heterocycles. The molecule has 0 aromatic carbocycles. The van der Waals surface area contributed by atoms with Crippen LogP contribution in [0.5, 0.6) is 0 Å². The van der Waals surface area contributed by atoms with Crippen molar-refractivity contribution in [1.29, 1.82) is 5.26 Å². The molecule has 0 bridgehead atoms. The summed E-state index contributed by atoms with van der Waals surface area (Å²) in [5, 5.41) is 7.32. The van der Waals surface area contributed by atoms with Gasteiger partial charge < -0.3 is 4.74 Å². The van der Waals surface area contributed by atoms with Crippen LogP contribution in [0.1, 0.15) is 33.6 Å². The second-order valence-electron chi connectivity index (χ2n) is 1.78. The van der Waals surface area contributed by atoms with E-state index in [1.54, 1.807) is 19.9 Å². The summed E-state index contributed by atoms with van der Waals surface area (Å²) < 4.78 is 4.27. The van der Waals surface area contributed by atoms with Crippen molar-refractivity contribution in [3.8, 4) is 6.07 Å². The molecule has 0 spiro atoms. The molecule has 0 unspecified atom stereocenters. The van der Waals surface area contributed by atoms with Crippen LogP contribution in [0.3, 0.4) is 0 Å². The molecule has 0 saturated carbocycles. The van der Waals surface area contributed by atoms with Gasteiger partial charge in [0, 0.05) is 19.8 Å². The van der Waals surface area contributed by atoms with Gasteiger partial charge in [-0.1, -0.05) is 13.8 Å². The first kappa shape index (κ1) is 13.2. The summed E-state index contributed by atoms with van der Waals surface area (Å²) in [7, 11) is 0. The van der Waals surface area contributed by atoms with Crippen molar-refractivity contribution in [1.82, 2.24) is 0 Å². The molecule has 0 aliphatic heterocycles. The average Bonchev–Trinajstić information content (AvgIpc) is 2.05. The molecule has 0 amide bonds. The topological polar surface area (TPSA) is 67.2 Å². The lowest BCUT2D eigenvalue weighted by Crippen LogP contribution is -2.09. The van der Waals surface area contributed by atoms with Crippen molar-refractivity contribution in [2.75, 3.05) is 0 Å². The summed E-state index contributed by atoms with van der Waals surface area (Å²) in [6.45, 7) is 4.72. The predicted octanol–water partition coefficient (Wildman–Crippen LogP) is 1.41. The van der Waals surface area contributed by atoms with E-state index in [-0.39, 0.29) is 12.8 Å². The highest BCUT2D eigenvalue weighted by Gasteiger charge is 2.03. The number of carbonyl (C=O) groups is 2. The number of nitrogens with zero attached hydrogens (tertiary/aromatic N) is 1. The van der Waals surface area contributed by atoms with Crippen LogP contribution >= 0.6 is 0 Å². The number of carbonyl (C=O) groups excluding carboxylic acids is 2. The molecular weight excluding hydrogens is 158 g/mol. The molecular formula is C8H13NO3. The Hall–Kier alpha value is -1.37. The highest BCUT2D eigenvalue weighted by atomic mass is 16.6. The number of rotatable bonds is 2. The summed E-state index contributed by atoms with van der Waals surface area (Å²) in [5.74, 6) is -0.913. The first-order valence-electron chi connectivity index (χ1n) is 3.66. The van der Waals surface area contributed by atoms with Crippen molar-refractivity contribution in [2.45, 2.75) is 33.6 Å². The second-order valence-corrected chi connectivity index (χ2v) is 1.78. The van der Waals surface area contributed by atoms with Gasteiger partial charge in [0.15, 0.2) is 0 Å². The van der Waals surface area contributed by atoms with Gasteiger partial charge in [0.25, 0.3) is 0 Å². The minimum atomic E-state index is -0.457. The second kappa shape index (κ2) is 9.63. The molecule has 0 aromatic rings. The van der Waals surface area contributed by atoms with Gasteiger partial charge in [-0.15, -0.1) is 0 Å². The first-order valence-corrected chi connectivity index (χ1v) is 3.66. The Labute approximate surface area is 72.1 Å². The molecule has 0 aliphatic carbocycles. The van der Waals surface area contributed by atoms with Gasteiger partial charge in [-0.3, -0.25) is 9.59 Å². The summed E-state index contributed by atoms with van der Waals surface area (Å²) in [6, 6.07) is 1.75. The van der Waals surface area contributed by atoms with Crippen molar-refractivity contribution < 1.29 is 14.3 Å². The molecule has 0 N–H and O–H groups in total. The molecule has 0 rings (SSSR count). The van der Waals surface area contributed by atoms with Crippen LogP contribution in [0, 0.1) is 11.3 Å². The molecule has 4 heteroatoms. The maximum atomic E-state index is 10.3. The minimum absolute atomic E-state index is 0.256. The SMILES string of the molecule is CC#N.CCC(=O)OC(=O)CC. The third kappa shape index (κ3) is 11.4. The van der Waals surface area contributed by atoms with E-state index in [2.05, 4.69) is 4.74 Å². The van der Waals surface area contributed by atoms with Crippen LogP contribution in [0.15, 0.2) is 0 Å². The maximum absolute atomic E-state index is 10.3. The number of nitriles is 1. The van der Waals surface area contributed by atoms with E-state index < -0.39 is 11.9 Å². The third-order valence-electron chi connectivity index (χ3n) is 0.805. The van der Waals surface area contributed by atoms with E-state index >= 15 is 0 Å². The fraction of sp³-hybridized carbons (Fsp3) is 0.625. The zero-order valence-corrected chi connectivity index (χ0v) is 7.59. The molecule has 0 fully saturated rings. The number of hydrogen-bond donors (Lipinski definition) is 0. The third-order valence-corrected chi connectivity index (χ3v) is 0.805. The van der Waals surface area contributed by atoms with Crippen LogP contribution < -0.4 is 0 Å². The van der Waals surface area contributed by atoms with Crippen molar-refractivity contribution in [3.63, 3.8) is 0 Å². The minimum Gasteiger partial charge on any atom is -0.393 e. The van der Waals surface area contributed by atoms with Crippen LogP contribution in [0.2, 0.25) is 0 Å². The molecule has 4 nitrogen and oxygen atoms in total. The summed E-state index contributed by atoms with van der Waals surface area (Å²) in [4.78, 5) is 20.7. The Morgan fingerprint density at radius 2 is 1.50 bits per heavy atom. The quantitative estimate of drug-likeness (QED) is 0.465. The smallest absolute Gasteiger partial charge is 0.313 e. The van der Waals surface area contributed by atoms with Crippen molar-refractivity contribution in [3.05, 3.63) is 0 Å². The van der Waals surface area contributed by atoms with E-state index in [1.165, 1.54) is 6.92 Å².